The van der Waals surface area contributed by atoms with Crippen LogP contribution < -0.4 is 15.4 Å². The van der Waals surface area contributed by atoms with Crippen LogP contribution in [0.4, 0.5) is 0 Å². The zero-order valence-electron chi connectivity index (χ0n) is 25.9. The first kappa shape index (κ1) is 33.8. The minimum absolute atomic E-state index is 0.00295. The molecule has 4 unspecified atom stereocenters. The summed E-state index contributed by atoms with van der Waals surface area (Å²) in [5.41, 5.74) is 1.06. The van der Waals surface area contributed by atoms with Gasteiger partial charge in [0.15, 0.2) is 21.4 Å². The van der Waals surface area contributed by atoms with Gasteiger partial charge in [0.1, 0.15) is 11.4 Å². The molecular weight excluding hydrogens is 586 g/mol. The number of allylic oxidation sites excluding steroid dienone is 1. The number of epoxide rings is 1. The molecule has 11 nitrogen and oxygen atoms in total. The van der Waals surface area contributed by atoms with Crippen LogP contribution in [0.25, 0.3) is 0 Å². The Morgan fingerprint density at radius 3 is 2.32 bits per heavy atom. The molecule has 2 fully saturated rings. The maximum absolute atomic E-state index is 13.8. The Balaban J connectivity index is 1.44. The molecule has 4 atom stereocenters. The second-order valence-corrected chi connectivity index (χ2v) is 14.7. The SMILES string of the molecule is COc1ccc(CC(CC(=O)C(C)NC(=O)CN2CCS(=O)(=O)CC2)C(=O)NC(CC2=CCCCC2)C(=O)C2(C)CO2)cc1. The molecule has 4 rings (SSSR count). The highest BCUT2D eigenvalue weighted by molar-refractivity contribution is 7.91. The van der Waals surface area contributed by atoms with Crippen molar-refractivity contribution in [2.45, 2.75) is 76.5 Å². The van der Waals surface area contributed by atoms with E-state index < -0.39 is 39.3 Å². The van der Waals surface area contributed by atoms with Gasteiger partial charge in [-0.15, -0.1) is 0 Å². The number of methoxy groups -OCH3 is 1. The minimum atomic E-state index is -3.07. The normalized spacial score (nSPS) is 23.4. The van der Waals surface area contributed by atoms with Crippen molar-refractivity contribution >= 4 is 33.2 Å². The van der Waals surface area contributed by atoms with Gasteiger partial charge >= 0.3 is 0 Å². The van der Waals surface area contributed by atoms with E-state index in [4.69, 9.17) is 9.47 Å². The molecular formula is C32H45N3O8S. The van der Waals surface area contributed by atoms with Gasteiger partial charge in [0.2, 0.25) is 11.8 Å². The van der Waals surface area contributed by atoms with Crippen LogP contribution >= 0.6 is 0 Å². The molecule has 0 aromatic heterocycles. The van der Waals surface area contributed by atoms with Crippen LogP contribution in [0.3, 0.4) is 0 Å². The highest BCUT2D eigenvalue weighted by Gasteiger charge is 2.50. The molecule has 44 heavy (non-hydrogen) atoms. The average molecular weight is 632 g/mol. The summed E-state index contributed by atoms with van der Waals surface area (Å²) in [4.78, 5) is 55.0. The Bertz CT molecular complexity index is 1340. The van der Waals surface area contributed by atoms with Crippen molar-refractivity contribution < 1.29 is 37.1 Å². The van der Waals surface area contributed by atoms with Crippen LogP contribution in [0, 0.1) is 5.92 Å². The summed E-state index contributed by atoms with van der Waals surface area (Å²) in [5, 5.41) is 5.68. The molecule has 0 bridgehead atoms. The van der Waals surface area contributed by atoms with Gasteiger partial charge in [0, 0.05) is 25.4 Å². The van der Waals surface area contributed by atoms with Gasteiger partial charge < -0.3 is 20.1 Å². The van der Waals surface area contributed by atoms with E-state index in [-0.39, 0.29) is 61.5 Å². The highest BCUT2D eigenvalue weighted by Crippen LogP contribution is 2.31. The van der Waals surface area contributed by atoms with Gasteiger partial charge in [0.05, 0.1) is 43.9 Å². The summed E-state index contributed by atoms with van der Waals surface area (Å²) < 4.78 is 34.0. The van der Waals surface area contributed by atoms with E-state index in [0.717, 1.165) is 36.8 Å². The predicted octanol–water partition coefficient (Wildman–Crippen LogP) is 1.78. The second-order valence-electron chi connectivity index (χ2n) is 12.4. The van der Waals surface area contributed by atoms with E-state index in [9.17, 15) is 27.6 Å². The smallest absolute Gasteiger partial charge is 0.234 e. The quantitative estimate of drug-likeness (QED) is 0.218. The molecule has 242 valence electrons. The fourth-order valence-corrected chi connectivity index (χ4v) is 6.95. The third kappa shape index (κ3) is 9.70. The Hall–Kier alpha value is -3.09. The zero-order chi connectivity index (χ0) is 31.9. The molecule has 0 spiro atoms. The largest absolute Gasteiger partial charge is 0.497 e. The first-order valence-corrected chi connectivity index (χ1v) is 17.2. The van der Waals surface area contributed by atoms with E-state index in [1.54, 1.807) is 38.0 Å². The number of hydrogen-bond donors (Lipinski definition) is 2. The number of nitrogens with one attached hydrogen (secondary N) is 2. The third-order valence-electron chi connectivity index (χ3n) is 8.71. The van der Waals surface area contributed by atoms with Crippen molar-refractivity contribution in [1.29, 1.82) is 0 Å². The van der Waals surface area contributed by atoms with E-state index in [1.165, 1.54) is 0 Å². The van der Waals surface area contributed by atoms with Crippen molar-refractivity contribution in [3.8, 4) is 5.75 Å². The number of ether oxygens (including phenoxy) is 2. The van der Waals surface area contributed by atoms with Crippen LogP contribution in [0.2, 0.25) is 0 Å². The van der Waals surface area contributed by atoms with E-state index in [1.807, 2.05) is 12.1 Å². The van der Waals surface area contributed by atoms with Crippen LogP contribution in [-0.2, 0) is 40.2 Å². The number of rotatable bonds is 15. The van der Waals surface area contributed by atoms with E-state index in [2.05, 4.69) is 16.7 Å². The van der Waals surface area contributed by atoms with E-state index in [0.29, 0.717) is 18.8 Å². The lowest BCUT2D eigenvalue weighted by Gasteiger charge is -2.27. The number of amides is 2. The first-order valence-electron chi connectivity index (χ1n) is 15.4. The van der Waals surface area contributed by atoms with Crippen molar-refractivity contribution in [2.24, 2.45) is 5.92 Å². The number of hydrogen-bond acceptors (Lipinski definition) is 9. The molecule has 1 aromatic carbocycles. The fraction of sp³-hybridized carbons (Fsp3) is 0.625. The highest BCUT2D eigenvalue weighted by atomic mass is 32.2. The van der Waals surface area contributed by atoms with Crippen molar-refractivity contribution in [1.82, 2.24) is 15.5 Å². The fourth-order valence-electron chi connectivity index (χ4n) is 5.67. The number of sulfone groups is 1. The lowest BCUT2D eigenvalue weighted by atomic mass is 9.88. The Morgan fingerprint density at radius 1 is 1.05 bits per heavy atom. The van der Waals surface area contributed by atoms with Gasteiger partial charge in [-0.2, -0.15) is 0 Å². The molecule has 2 heterocycles. The average Bonchev–Trinajstić information content (AvgIpc) is 3.76. The molecule has 2 amide bonds. The Morgan fingerprint density at radius 2 is 1.73 bits per heavy atom. The molecule has 12 heteroatoms. The maximum atomic E-state index is 13.8. The van der Waals surface area contributed by atoms with Gasteiger partial charge in [-0.1, -0.05) is 23.8 Å². The molecule has 2 N–H and O–H groups in total. The summed E-state index contributed by atoms with van der Waals surface area (Å²) in [5.74, 6) is -1.39. The van der Waals surface area contributed by atoms with Crippen LogP contribution in [0.5, 0.6) is 5.75 Å². The summed E-state index contributed by atoms with van der Waals surface area (Å²) in [6, 6.07) is 5.62. The van der Waals surface area contributed by atoms with Crippen LogP contribution in [-0.4, -0.2) is 99.2 Å². The molecule has 1 aromatic rings. The minimum Gasteiger partial charge on any atom is -0.497 e. The number of ketones is 2. The van der Waals surface area contributed by atoms with Gasteiger partial charge in [-0.05, 0) is 70.1 Å². The summed E-state index contributed by atoms with van der Waals surface area (Å²) in [7, 11) is -1.51. The Kier molecular flexibility index (Phi) is 11.4. The van der Waals surface area contributed by atoms with E-state index >= 15 is 0 Å². The number of Topliss-reactive ketones (excluding diaryl/α,β-unsaturated/α-hetero) is 2. The predicted molar refractivity (Wildman–Crippen MR) is 165 cm³/mol. The van der Waals surface area contributed by atoms with Crippen LogP contribution in [0.15, 0.2) is 35.9 Å². The lowest BCUT2D eigenvalue weighted by molar-refractivity contribution is -0.134. The van der Waals surface area contributed by atoms with Gasteiger partial charge in [-0.25, -0.2) is 8.42 Å². The third-order valence-corrected chi connectivity index (χ3v) is 10.3. The molecule has 2 saturated heterocycles. The molecule has 0 radical (unpaired) electrons. The number of benzene rings is 1. The topological polar surface area (TPSA) is 151 Å². The summed E-state index contributed by atoms with van der Waals surface area (Å²) in [6.07, 6.45) is 6.66. The first-order chi connectivity index (χ1) is 20.9. The number of carbonyl (C=O) groups is 4. The Labute approximate surface area is 260 Å². The van der Waals surface area contributed by atoms with Gasteiger partial charge in [0.25, 0.3) is 0 Å². The maximum Gasteiger partial charge on any atom is 0.234 e. The van der Waals surface area contributed by atoms with Crippen molar-refractivity contribution in [2.75, 3.05) is 44.9 Å². The lowest BCUT2D eigenvalue weighted by Crippen LogP contribution is -2.50. The molecule has 0 saturated carbocycles. The molecule has 3 aliphatic rings. The number of nitrogens with zero attached hydrogens (tertiary/aromatic N) is 1. The summed E-state index contributed by atoms with van der Waals surface area (Å²) >= 11 is 0. The molecule has 1 aliphatic carbocycles. The second kappa shape index (κ2) is 14.8. The monoisotopic (exact) mass is 631 g/mol. The van der Waals surface area contributed by atoms with Crippen LogP contribution in [0.1, 0.15) is 57.9 Å². The van der Waals surface area contributed by atoms with Crippen molar-refractivity contribution in [3.63, 3.8) is 0 Å². The summed E-state index contributed by atoms with van der Waals surface area (Å²) in [6.45, 7) is 4.15. The zero-order valence-corrected chi connectivity index (χ0v) is 26.7. The number of carbonyl (C=O) groups excluding carboxylic acids is 4. The van der Waals surface area contributed by atoms with Gasteiger partial charge in [-0.3, -0.25) is 24.1 Å². The van der Waals surface area contributed by atoms with Crippen molar-refractivity contribution in [3.05, 3.63) is 41.5 Å². The molecule has 2 aliphatic heterocycles. The standard InChI is InChI=1S/C32H45N3O8S/c1-22(33-29(37)20-35-13-15-44(40,41)16-14-35)28(36)19-25(17-24-9-11-26(42-3)12-10-24)31(39)34-27(30(38)32(2)21-43-32)18-23-7-5-4-6-8-23/h7,9-12,22,25,27H,4-6,8,13-21H2,1-3H3,(H,33,37)(H,34,39).